The largest absolute Gasteiger partial charge is 0.309 e. The van der Waals surface area contributed by atoms with Gasteiger partial charge in [-0.25, -0.2) is 0 Å². The highest BCUT2D eigenvalue weighted by atomic mass is 14.9. The summed E-state index contributed by atoms with van der Waals surface area (Å²) in [5.41, 5.74) is 6.21. The summed E-state index contributed by atoms with van der Waals surface area (Å²) >= 11 is 0. The molecule has 2 rings (SSSR count). The second kappa shape index (κ2) is 4.13. The number of benzene rings is 1. The normalized spacial score (nSPS) is 24.6. The monoisotopic (exact) mass is 231 g/mol. The molecular weight excluding hydrogens is 206 g/mol. The smallest absolute Gasteiger partial charge is 0.0374 e. The maximum atomic E-state index is 3.73. The first-order valence-electron chi connectivity index (χ1n) is 6.65. The Morgan fingerprint density at radius 3 is 2.41 bits per heavy atom. The van der Waals surface area contributed by atoms with Gasteiger partial charge in [0.2, 0.25) is 0 Å². The molecule has 0 bridgehead atoms. The molecule has 1 aromatic carbocycles. The predicted molar refractivity (Wildman–Crippen MR) is 74.5 cm³/mol. The highest BCUT2D eigenvalue weighted by Crippen LogP contribution is 2.41. The number of hydrogen-bond acceptors (Lipinski definition) is 1. The quantitative estimate of drug-likeness (QED) is 0.709. The van der Waals surface area contributed by atoms with Gasteiger partial charge in [-0.3, -0.25) is 0 Å². The summed E-state index contributed by atoms with van der Waals surface area (Å²) in [5.74, 6) is 0.627. The number of hydrogen-bond donors (Lipinski definition) is 1. The summed E-state index contributed by atoms with van der Waals surface area (Å²) in [7, 11) is 0. The lowest BCUT2D eigenvalue weighted by molar-refractivity contribution is 0.255. The van der Waals surface area contributed by atoms with E-state index in [9.17, 15) is 0 Å². The fourth-order valence-electron chi connectivity index (χ4n) is 3.06. The Hall–Kier alpha value is -0.820. The third-order valence-electron chi connectivity index (χ3n) is 3.88. The third kappa shape index (κ3) is 2.26. The number of aryl methyl sites for hydroxylation is 2. The zero-order valence-electron chi connectivity index (χ0n) is 12.0. The highest BCUT2D eigenvalue weighted by Gasteiger charge is 2.33. The fourth-order valence-corrected chi connectivity index (χ4v) is 3.06. The van der Waals surface area contributed by atoms with Crippen LogP contribution in [0.1, 0.15) is 61.9 Å². The van der Waals surface area contributed by atoms with E-state index >= 15 is 0 Å². The molecule has 1 heteroatoms. The summed E-state index contributed by atoms with van der Waals surface area (Å²) in [5, 5.41) is 3.73. The van der Waals surface area contributed by atoms with Crippen LogP contribution in [0, 0.1) is 19.3 Å². The molecule has 0 radical (unpaired) electrons. The summed E-state index contributed by atoms with van der Waals surface area (Å²) in [6, 6.07) is 5.18. The van der Waals surface area contributed by atoms with Crippen LogP contribution in [0.15, 0.2) is 12.1 Å². The Labute approximate surface area is 106 Å². The van der Waals surface area contributed by atoms with E-state index in [1.54, 1.807) is 11.1 Å². The van der Waals surface area contributed by atoms with E-state index in [0.29, 0.717) is 12.0 Å². The van der Waals surface area contributed by atoms with E-state index in [-0.39, 0.29) is 5.41 Å². The molecule has 0 amide bonds. The van der Waals surface area contributed by atoms with Crippen LogP contribution in [0.25, 0.3) is 0 Å². The van der Waals surface area contributed by atoms with Crippen molar-refractivity contribution in [3.8, 4) is 0 Å². The zero-order chi connectivity index (χ0) is 12.8. The molecule has 1 aliphatic heterocycles. The van der Waals surface area contributed by atoms with E-state index in [0.717, 1.165) is 6.54 Å². The van der Waals surface area contributed by atoms with Crippen molar-refractivity contribution < 1.29 is 0 Å². The molecule has 1 heterocycles. The van der Waals surface area contributed by atoms with Crippen molar-refractivity contribution in [2.75, 3.05) is 6.54 Å². The van der Waals surface area contributed by atoms with E-state index in [1.807, 2.05) is 0 Å². The van der Waals surface area contributed by atoms with E-state index in [1.165, 1.54) is 11.1 Å². The first kappa shape index (κ1) is 12.6. The Kier molecular flexibility index (Phi) is 3.07. The van der Waals surface area contributed by atoms with Crippen LogP contribution < -0.4 is 5.32 Å². The average Bonchev–Trinajstić information content (AvgIpc) is 2.17. The minimum Gasteiger partial charge on any atom is -0.309 e. The third-order valence-corrected chi connectivity index (χ3v) is 3.88. The van der Waals surface area contributed by atoms with Crippen molar-refractivity contribution in [1.29, 1.82) is 0 Å². The van der Waals surface area contributed by atoms with Crippen LogP contribution in [0.3, 0.4) is 0 Å². The minimum absolute atomic E-state index is 0.273. The zero-order valence-corrected chi connectivity index (χ0v) is 12.0. The Morgan fingerprint density at radius 1 is 1.18 bits per heavy atom. The first-order valence-corrected chi connectivity index (χ1v) is 6.65. The van der Waals surface area contributed by atoms with Gasteiger partial charge in [-0.1, -0.05) is 45.4 Å². The van der Waals surface area contributed by atoms with Crippen molar-refractivity contribution >= 4 is 0 Å². The molecule has 2 atom stereocenters. The maximum Gasteiger partial charge on any atom is 0.0374 e. The molecule has 0 saturated heterocycles. The lowest BCUT2D eigenvalue weighted by Crippen LogP contribution is -2.39. The van der Waals surface area contributed by atoms with Crippen molar-refractivity contribution in [2.45, 2.75) is 53.5 Å². The van der Waals surface area contributed by atoms with Crippen molar-refractivity contribution in [2.24, 2.45) is 5.41 Å². The van der Waals surface area contributed by atoms with E-state index in [2.05, 4.69) is 59.0 Å². The second-order valence-corrected chi connectivity index (χ2v) is 6.69. The maximum absolute atomic E-state index is 3.73. The highest BCUT2D eigenvalue weighted by molar-refractivity contribution is 5.44. The topological polar surface area (TPSA) is 12.0 Å². The Bertz CT molecular complexity index is 426. The molecule has 1 N–H and O–H groups in total. The first-order chi connectivity index (χ1) is 7.80. The molecule has 0 spiro atoms. The number of rotatable bonds is 0. The Morgan fingerprint density at radius 2 is 1.82 bits per heavy atom. The fraction of sp³-hybridized carbons (Fsp3) is 0.625. The lowest BCUT2D eigenvalue weighted by atomic mass is 9.74. The number of nitrogens with one attached hydrogen (secondary N) is 1. The van der Waals surface area contributed by atoms with Crippen LogP contribution in [-0.2, 0) is 0 Å². The predicted octanol–water partition coefficient (Wildman–Crippen LogP) is 4.10. The molecule has 1 aromatic rings. The summed E-state index contributed by atoms with van der Waals surface area (Å²) in [6.07, 6.45) is 0. The summed E-state index contributed by atoms with van der Waals surface area (Å²) in [4.78, 5) is 0. The van der Waals surface area contributed by atoms with Gasteiger partial charge in [0.15, 0.2) is 0 Å². The van der Waals surface area contributed by atoms with Gasteiger partial charge in [0.1, 0.15) is 0 Å². The second-order valence-electron chi connectivity index (χ2n) is 6.69. The molecule has 94 valence electrons. The van der Waals surface area contributed by atoms with Crippen molar-refractivity contribution in [1.82, 2.24) is 5.32 Å². The van der Waals surface area contributed by atoms with Gasteiger partial charge >= 0.3 is 0 Å². The van der Waals surface area contributed by atoms with Crippen LogP contribution in [0.5, 0.6) is 0 Å². The van der Waals surface area contributed by atoms with Gasteiger partial charge in [-0.2, -0.15) is 0 Å². The molecule has 0 saturated carbocycles. The summed E-state index contributed by atoms with van der Waals surface area (Å²) < 4.78 is 0. The molecule has 1 aliphatic rings. The standard InChI is InChI=1S/C16H25N/c1-10-7-11(2)14-13(8-10)12(3)9-17-15(14)16(4,5)6/h7-8,12,15,17H,9H2,1-6H3. The van der Waals surface area contributed by atoms with Gasteiger partial charge in [0.05, 0.1) is 0 Å². The van der Waals surface area contributed by atoms with Gasteiger partial charge < -0.3 is 5.32 Å². The number of fused-ring (bicyclic) bond motifs is 1. The molecular formula is C16H25N. The summed E-state index contributed by atoms with van der Waals surface area (Å²) in [6.45, 7) is 14.8. The average molecular weight is 231 g/mol. The van der Waals surface area contributed by atoms with Crippen molar-refractivity contribution in [3.05, 3.63) is 34.4 Å². The molecule has 2 unspecified atom stereocenters. The molecule has 17 heavy (non-hydrogen) atoms. The van der Waals surface area contributed by atoms with Crippen LogP contribution in [0.2, 0.25) is 0 Å². The molecule has 1 nitrogen and oxygen atoms in total. The minimum atomic E-state index is 0.273. The van der Waals surface area contributed by atoms with Gasteiger partial charge in [-0.05, 0) is 41.9 Å². The lowest BCUT2D eigenvalue weighted by Gasteiger charge is -2.40. The van der Waals surface area contributed by atoms with E-state index in [4.69, 9.17) is 0 Å². The molecule has 0 fully saturated rings. The van der Waals surface area contributed by atoms with Gasteiger partial charge in [-0.15, -0.1) is 0 Å². The van der Waals surface area contributed by atoms with Gasteiger partial charge in [0, 0.05) is 12.6 Å². The molecule has 0 aromatic heterocycles. The van der Waals surface area contributed by atoms with Gasteiger partial charge in [0.25, 0.3) is 0 Å². The van der Waals surface area contributed by atoms with Crippen molar-refractivity contribution in [3.63, 3.8) is 0 Å². The molecule has 0 aliphatic carbocycles. The SMILES string of the molecule is Cc1cc(C)c2c(c1)C(C)CNC2C(C)(C)C. The van der Waals surface area contributed by atoms with Crippen LogP contribution >= 0.6 is 0 Å². The van der Waals surface area contributed by atoms with E-state index < -0.39 is 0 Å². The van der Waals surface area contributed by atoms with Crippen LogP contribution in [-0.4, -0.2) is 6.54 Å². The van der Waals surface area contributed by atoms with Crippen LogP contribution in [0.4, 0.5) is 0 Å². The Balaban J connectivity index is 2.59.